The number of rotatable bonds is 9. The molecule has 2 saturated heterocycles. The second kappa shape index (κ2) is 12.8. The molecule has 5 nitrogen and oxygen atoms in total. The second-order valence-corrected chi connectivity index (χ2v) is 12.4. The number of benzene rings is 3. The summed E-state index contributed by atoms with van der Waals surface area (Å²) in [4.78, 5) is 20.0. The number of thiophene rings is 1. The Morgan fingerprint density at radius 2 is 1.61 bits per heavy atom. The number of aromatic hydroxyl groups is 1. The quantitative estimate of drug-likeness (QED) is 0.208. The van der Waals surface area contributed by atoms with Crippen molar-refractivity contribution in [2.75, 3.05) is 39.3 Å². The summed E-state index contributed by atoms with van der Waals surface area (Å²) in [6.45, 7) is 11.4. The minimum atomic E-state index is 0. The van der Waals surface area contributed by atoms with Gasteiger partial charge in [0, 0.05) is 39.2 Å². The number of ketones is 1. The molecule has 0 aliphatic carbocycles. The summed E-state index contributed by atoms with van der Waals surface area (Å²) >= 11 is 1.56. The molecule has 2 fully saturated rings. The third kappa shape index (κ3) is 6.35. The number of fused-ring (bicyclic) bond motifs is 1. The summed E-state index contributed by atoms with van der Waals surface area (Å²) in [5.41, 5.74) is 5.90. The van der Waals surface area contributed by atoms with Crippen molar-refractivity contribution in [3.63, 3.8) is 0 Å². The lowest BCUT2D eigenvalue weighted by Crippen LogP contribution is -2.25. The van der Waals surface area contributed by atoms with E-state index in [-0.39, 0.29) is 19.0 Å². The Balaban J connectivity index is 0.00000337. The Morgan fingerprint density at radius 3 is 2.32 bits per heavy atom. The molecule has 41 heavy (non-hydrogen) atoms. The second-order valence-electron chi connectivity index (χ2n) is 11.3. The van der Waals surface area contributed by atoms with Crippen LogP contribution in [0.15, 0.2) is 54.6 Å². The molecule has 0 amide bonds. The molecule has 1 aromatic heterocycles. The predicted molar refractivity (Wildman–Crippen MR) is 171 cm³/mol. The van der Waals surface area contributed by atoms with Crippen molar-refractivity contribution in [2.45, 2.75) is 53.5 Å². The SMILES string of the molecule is C.Cc1cc(C(=O)c2c(-c3ccc(OCCN4CCCC4)c(C)c3)sc3cc(O)ccc23)ccc1CN1CCCC1. The molecule has 0 atom stereocenters. The number of phenolic OH excluding ortho intramolecular Hbond substituents is 1. The van der Waals surface area contributed by atoms with E-state index in [0.717, 1.165) is 63.6 Å². The van der Waals surface area contributed by atoms with E-state index in [1.54, 1.807) is 23.5 Å². The predicted octanol–water partition coefficient (Wildman–Crippen LogP) is 7.83. The van der Waals surface area contributed by atoms with Crippen molar-refractivity contribution in [3.05, 3.63) is 82.4 Å². The molecule has 3 aromatic carbocycles. The Labute approximate surface area is 248 Å². The van der Waals surface area contributed by atoms with Crippen molar-refractivity contribution >= 4 is 27.2 Å². The van der Waals surface area contributed by atoms with Gasteiger partial charge in [0.05, 0.1) is 0 Å². The molecule has 216 valence electrons. The molecule has 2 aliphatic rings. The molecule has 1 N–H and O–H groups in total. The van der Waals surface area contributed by atoms with Crippen LogP contribution in [0.2, 0.25) is 0 Å². The molecule has 0 unspecified atom stereocenters. The van der Waals surface area contributed by atoms with Crippen LogP contribution >= 0.6 is 11.3 Å². The van der Waals surface area contributed by atoms with Crippen molar-refractivity contribution in [1.29, 1.82) is 0 Å². The van der Waals surface area contributed by atoms with Gasteiger partial charge in [-0.25, -0.2) is 0 Å². The van der Waals surface area contributed by atoms with E-state index in [4.69, 9.17) is 4.74 Å². The highest BCUT2D eigenvalue weighted by atomic mass is 32.1. The van der Waals surface area contributed by atoms with Gasteiger partial charge in [-0.15, -0.1) is 11.3 Å². The van der Waals surface area contributed by atoms with Crippen molar-refractivity contribution in [1.82, 2.24) is 9.80 Å². The Kier molecular flexibility index (Phi) is 9.12. The van der Waals surface area contributed by atoms with Crippen LogP contribution in [-0.4, -0.2) is 60.0 Å². The van der Waals surface area contributed by atoms with E-state index in [1.165, 1.54) is 44.3 Å². The number of likely N-dealkylation sites (tertiary alicyclic amines) is 2. The number of ether oxygens (including phenoxy) is 1. The van der Waals surface area contributed by atoms with Gasteiger partial charge < -0.3 is 9.84 Å². The van der Waals surface area contributed by atoms with Gasteiger partial charge in [-0.1, -0.05) is 19.6 Å². The first kappa shape index (κ1) is 29.3. The summed E-state index contributed by atoms with van der Waals surface area (Å²) in [6, 6.07) is 17.7. The third-order valence-electron chi connectivity index (χ3n) is 8.40. The summed E-state index contributed by atoms with van der Waals surface area (Å²) in [5, 5.41) is 11.1. The zero-order valence-corrected chi connectivity index (χ0v) is 24.4. The highest BCUT2D eigenvalue weighted by molar-refractivity contribution is 7.22. The van der Waals surface area contributed by atoms with Crippen molar-refractivity contribution in [2.24, 2.45) is 0 Å². The fourth-order valence-corrected chi connectivity index (χ4v) is 7.33. The van der Waals surface area contributed by atoms with Crippen molar-refractivity contribution < 1.29 is 14.6 Å². The van der Waals surface area contributed by atoms with Crippen LogP contribution in [0.4, 0.5) is 0 Å². The van der Waals surface area contributed by atoms with Crippen LogP contribution in [0, 0.1) is 13.8 Å². The molecule has 6 rings (SSSR count). The monoisotopic (exact) mass is 570 g/mol. The van der Waals surface area contributed by atoms with Gasteiger partial charge in [-0.05, 0) is 130 Å². The Hall–Kier alpha value is -3.19. The number of carbonyl (C=O) groups is 1. The fraction of sp³-hybridized carbons (Fsp3) is 0.400. The average Bonchev–Trinajstić information content (AvgIpc) is 3.72. The summed E-state index contributed by atoms with van der Waals surface area (Å²) in [5.74, 6) is 1.12. The smallest absolute Gasteiger partial charge is 0.195 e. The number of hydrogen-bond donors (Lipinski definition) is 1. The van der Waals surface area contributed by atoms with Gasteiger partial charge in [0.25, 0.3) is 0 Å². The summed E-state index contributed by atoms with van der Waals surface area (Å²) in [7, 11) is 0. The highest BCUT2D eigenvalue weighted by Crippen LogP contribution is 2.42. The minimum Gasteiger partial charge on any atom is -0.508 e. The van der Waals surface area contributed by atoms with E-state index in [1.807, 2.05) is 24.3 Å². The first-order valence-electron chi connectivity index (χ1n) is 14.5. The molecule has 2 aliphatic heterocycles. The van der Waals surface area contributed by atoms with E-state index in [9.17, 15) is 9.90 Å². The summed E-state index contributed by atoms with van der Waals surface area (Å²) in [6.07, 6.45) is 5.10. The molecule has 0 spiro atoms. The van der Waals surface area contributed by atoms with Crippen molar-refractivity contribution in [3.8, 4) is 21.9 Å². The Bertz CT molecular complexity index is 1530. The zero-order valence-electron chi connectivity index (χ0n) is 23.5. The maximum atomic E-state index is 14.1. The fourth-order valence-electron chi connectivity index (χ4n) is 6.10. The number of carbonyl (C=O) groups excluding carboxylic acids is 1. The van der Waals surface area contributed by atoms with Gasteiger partial charge in [-0.2, -0.15) is 0 Å². The maximum Gasteiger partial charge on any atom is 0.195 e. The lowest BCUT2D eigenvalue weighted by atomic mass is 9.94. The van der Waals surface area contributed by atoms with Crippen LogP contribution in [0.25, 0.3) is 20.5 Å². The summed E-state index contributed by atoms with van der Waals surface area (Å²) < 4.78 is 7.05. The molecule has 6 heteroatoms. The zero-order chi connectivity index (χ0) is 27.6. The van der Waals surface area contributed by atoms with Gasteiger partial charge in [0.1, 0.15) is 18.1 Å². The van der Waals surface area contributed by atoms with Gasteiger partial charge >= 0.3 is 0 Å². The van der Waals surface area contributed by atoms with Crippen LogP contribution in [0.3, 0.4) is 0 Å². The first-order chi connectivity index (χ1) is 19.5. The van der Waals surface area contributed by atoms with E-state index in [2.05, 4.69) is 41.8 Å². The normalized spacial score (nSPS) is 15.9. The Morgan fingerprint density at radius 1 is 0.878 bits per heavy atom. The number of hydrogen-bond acceptors (Lipinski definition) is 6. The number of phenols is 1. The maximum absolute atomic E-state index is 14.1. The van der Waals surface area contributed by atoms with E-state index in [0.29, 0.717) is 17.7 Å². The van der Waals surface area contributed by atoms with Gasteiger partial charge in [-0.3, -0.25) is 14.6 Å². The van der Waals surface area contributed by atoms with Crippen LogP contribution < -0.4 is 4.74 Å². The third-order valence-corrected chi connectivity index (χ3v) is 9.60. The lowest BCUT2D eigenvalue weighted by molar-refractivity contribution is 0.104. The van der Waals surface area contributed by atoms with Crippen LogP contribution in [-0.2, 0) is 6.54 Å². The minimum absolute atomic E-state index is 0. The molecule has 0 saturated carbocycles. The van der Waals surface area contributed by atoms with Crippen LogP contribution in [0.5, 0.6) is 11.5 Å². The molecule has 4 aromatic rings. The molecule has 3 heterocycles. The van der Waals surface area contributed by atoms with E-state index < -0.39 is 0 Å². The van der Waals surface area contributed by atoms with Crippen LogP contribution in [0.1, 0.15) is 65.7 Å². The van der Waals surface area contributed by atoms with E-state index >= 15 is 0 Å². The highest BCUT2D eigenvalue weighted by Gasteiger charge is 2.23. The molecule has 0 bridgehead atoms. The molecular formula is C35H42N2O3S. The first-order valence-corrected chi connectivity index (χ1v) is 15.4. The van der Waals surface area contributed by atoms with Gasteiger partial charge in [0.15, 0.2) is 5.78 Å². The topological polar surface area (TPSA) is 53.0 Å². The molecule has 0 radical (unpaired) electrons. The standard InChI is InChI=1S/C34H38N2O3S.CH4/c1-23-19-25(7-8-27(23)22-36-15-5-6-16-36)33(38)32-29-11-10-28(37)21-31(29)40-34(32)26-9-12-30(24(2)20-26)39-18-17-35-13-3-4-14-35;/h7-12,19-21,37H,3-6,13-18,22H2,1-2H3;1H4. The number of nitrogens with zero attached hydrogens (tertiary/aromatic N) is 2. The van der Waals surface area contributed by atoms with Gasteiger partial charge in [0.2, 0.25) is 0 Å². The largest absolute Gasteiger partial charge is 0.508 e. The molecular weight excluding hydrogens is 528 g/mol. The lowest BCUT2D eigenvalue weighted by Gasteiger charge is -2.17. The number of aryl methyl sites for hydroxylation is 2. The average molecular weight is 571 g/mol.